The summed E-state index contributed by atoms with van der Waals surface area (Å²) in [6.07, 6.45) is 10.2. The summed E-state index contributed by atoms with van der Waals surface area (Å²) in [5, 5.41) is 4.11. The van der Waals surface area contributed by atoms with E-state index in [2.05, 4.69) is 46.7 Å². The number of ether oxygens (including phenoxy) is 1. The molecular formula is C22H24ClN3O. The van der Waals surface area contributed by atoms with Gasteiger partial charge in [0.05, 0.1) is 12.1 Å². The number of piperidine rings is 1. The third-order valence-electron chi connectivity index (χ3n) is 5.18. The Kier molecular flexibility index (Phi) is 5.19. The van der Waals surface area contributed by atoms with E-state index in [1.807, 2.05) is 18.5 Å². The average molecular weight is 382 g/mol. The zero-order valence-electron chi connectivity index (χ0n) is 15.8. The van der Waals surface area contributed by atoms with Crippen LogP contribution < -0.4 is 10.1 Å². The third-order valence-corrected chi connectivity index (χ3v) is 5.49. The van der Waals surface area contributed by atoms with E-state index < -0.39 is 0 Å². The molecule has 0 atom stereocenters. The summed E-state index contributed by atoms with van der Waals surface area (Å²) in [5.74, 6) is 0.813. The number of nitrogens with zero attached hydrogens (tertiary/aromatic N) is 2. The van der Waals surface area contributed by atoms with Crippen molar-refractivity contribution in [2.75, 3.05) is 27.2 Å². The van der Waals surface area contributed by atoms with E-state index in [9.17, 15) is 0 Å². The molecule has 1 aromatic heterocycles. The summed E-state index contributed by atoms with van der Waals surface area (Å²) in [4.78, 5) is 6.44. The minimum atomic E-state index is 0.722. The fourth-order valence-corrected chi connectivity index (χ4v) is 4.07. The zero-order chi connectivity index (χ0) is 18.8. The van der Waals surface area contributed by atoms with Crippen LogP contribution in [0.2, 0.25) is 5.02 Å². The molecule has 0 unspecified atom stereocenters. The van der Waals surface area contributed by atoms with Gasteiger partial charge in [-0.3, -0.25) is 4.98 Å². The number of pyridine rings is 1. The van der Waals surface area contributed by atoms with Crippen LogP contribution >= 0.6 is 11.6 Å². The molecule has 5 heteroatoms. The van der Waals surface area contributed by atoms with Crippen LogP contribution in [0.25, 0.3) is 11.6 Å². The molecule has 4 nitrogen and oxygen atoms in total. The first-order valence-electron chi connectivity index (χ1n) is 9.29. The number of nitrogens with one attached hydrogen (secondary N) is 1. The van der Waals surface area contributed by atoms with Crippen molar-refractivity contribution in [1.29, 1.82) is 0 Å². The molecular weight excluding hydrogens is 358 g/mol. The summed E-state index contributed by atoms with van der Waals surface area (Å²) in [6.45, 7) is 2.90. The highest BCUT2D eigenvalue weighted by Crippen LogP contribution is 2.38. The van der Waals surface area contributed by atoms with Crippen LogP contribution in [0.5, 0.6) is 5.75 Å². The van der Waals surface area contributed by atoms with E-state index in [0.717, 1.165) is 59.9 Å². The second-order valence-electron chi connectivity index (χ2n) is 7.12. The number of benzene rings is 1. The number of fused-ring (bicyclic) bond motifs is 1. The lowest BCUT2D eigenvalue weighted by Crippen LogP contribution is -2.22. The van der Waals surface area contributed by atoms with Gasteiger partial charge < -0.3 is 15.0 Å². The number of hydrogen-bond donors (Lipinski definition) is 1. The molecule has 140 valence electrons. The molecule has 4 rings (SSSR count). The number of rotatable bonds is 3. The Balaban J connectivity index is 1.78. The van der Waals surface area contributed by atoms with Crippen LogP contribution in [-0.2, 0) is 6.54 Å². The summed E-state index contributed by atoms with van der Waals surface area (Å²) in [5.41, 5.74) is 7.00. The molecule has 27 heavy (non-hydrogen) atoms. The van der Waals surface area contributed by atoms with Crippen LogP contribution in [0, 0.1) is 0 Å². The predicted octanol–water partition coefficient (Wildman–Crippen LogP) is 4.35. The Morgan fingerprint density at radius 1 is 1.26 bits per heavy atom. The molecule has 0 aliphatic carbocycles. The van der Waals surface area contributed by atoms with E-state index in [4.69, 9.17) is 16.3 Å². The molecule has 2 aliphatic heterocycles. The van der Waals surface area contributed by atoms with Gasteiger partial charge in [0, 0.05) is 43.3 Å². The maximum absolute atomic E-state index is 6.72. The van der Waals surface area contributed by atoms with E-state index in [1.165, 1.54) is 16.7 Å². The number of aromatic nitrogens is 1. The van der Waals surface area contributed by atoms with Crippen molar-refractivity contribution < 1.29 is 4.74 Å². The Morgan fingerprint density at radius 2 is 2.07 bits per heavy atom. The van der Waals surface area contributed by atoms with Gasteiger partial charge in [0.1, 0.15) is 5.75 Å². The van der Waals surface area contributed by atoms with E-state index in [1.54, 1.807) is 7.11 Å². The van der Waals surface area contributed by atoms with E-state index in [0.29, 0.717) is 0 Å². The van der Waals surface area contributed by atoms with Crippen molar-refractivity contribution in [3.05, 3.63) is 69.6 Å². The van der Waals surface area contributed by atoms with Crippen molar-refractivity contribution in [1.82, 2.24) is 15.2 Å². The molecule has 1 fully saturated rings. The highest BCUT2D eigenvalue weighted by molar-refractivity contribution is 6.32. The first kappa shape index (κ1) is 18.1. The summed E-state index contributed by atoms with van der Waals surface area (Å²) in [7, 11) is 3.78. The summed E-state index contributed by atoms with van der Waals surface area (Å²) >= 11 is 6.72. The van der Waals surface area contributed by atoms with Crippen LogP contribution in [0.15, 0.2) is 42.4 Å². The Hall–Kier alpha value is -2.30. The molecule has 1 N–H and O–H groups in total. The zero-order valence-corrected chi connectivity index (χ0v) is 16.5. The topological polar surface area (TPSA) is 37.4 Å². The lowest BCUT2D eigenvalue weighted by Gasteiger charge is -2.26. The number of methoxy groups -OCH3 is 1. The fraction of sp³-hybridized carbons (Fsp3) is 0.318. The first-order chi connectivity index (χ1) is 13.2. The number of hydrogen-bond acceptors (Lipinski definition) is 4. The summed E-state index contributed by atoms with van der Waals surface area (Å²) in [6, 6.07) is 6.21. The monoisotopic (exact) mass is 381 g/mol. The van der Waals surface area contributed by atoms with E-state index in [-0.39, 0.29) is 0 Å². The van der Waals surface area contributed by atoms with Crippen LogP contribution in [0.4, 0.5) is 0 Å². The molecule has 0 bridgehead atoms. The SMILES string of the molecule is COc1cc(C2=CN(C)Cc3cnccc32)cc(Cl)c1C=C1CCNCC1. The van der Waals surface area contributed by atoms with Crippen LogP contribution in [0.1, 0.15) is 35.1 Å². The fourth-order valence-electron chi connectivity index (χ4n) is 3.80. The van der Waals surface area contributed by atoms with Gasteiger partial charge in [-0.15, -0.1) is 0 Å². The molecule has 0 radical (unpaired) electrons. The van der Waals surface area contributed by atoms with Gasteiger partial charge in [0.2, 0.25) is 0 Å². The van der Waals surface area contributed by atoms with E-state index >= 15 is 0 Å². The van der Waals surface area contributed by atoms with Crippen molar-refractivity contribution >= 4 is 23.3 Å². The normalized spacial score (nSPS) is 16.6. The summed E-state index contributed by atoms with van der Waals surface area (Å²) < 4.78 is 5.72. The van der Waals surface area contributed by atoms with Gasteiger partial charge in [-0.25, -0.2) is 0 Å². The molecule has 0 spiro atoms. The molecule has 1 aromatic carbocycles. The Labute approximate surface area is 165 Å². The number of halogens is 1. The van der Waals surface area contributed by atoms with Crippen molar-refractivity contribution in [2.45, 2.75) is 19.4 Å². The van der Waals surface area contributed by atoms with Crippen LogP contribution in [-0.4, -0.2) is 37.1 Å². The Bertz CT molecular complexity index is 912. The van der Waals surface area contributed by atoms with Crippen molar-refractivity contribution in [3.63, 3.8) is 0 Å². The largest absolute Gasteiger partial charge is 0.496 e. The first-order valence-corrected chi connectivity index (χ1v) is 9.67. The third kappa shape index (κ3) is 3.73. The lowest BCUT2D eigenvalue weighted by molar-refractivity contribution is 0.413. The predicted molar refractivity (Wildman–Crippen MR) is 111 cm³/mol. The Morgan fingerprint density at radius 3 is 2.85 bits per heavy atom. The molecule has 1 saturated heterocycles. The molecule has 0 amide bonds. The van der Waals surface area contributed by atoms with Gasteiger partial charge in [-0.1, -0.05) is 23.3 Å². The van der Waals surface area contributed by atoms with Gasteiger partial charge in [0.15, 0.2) is 0 Å². The van der Waals surface area contributed by atoms with Crippen molar-refractivity contribution in [2.24, 2.45) is 0 Å². The minimum absolute atomic E-state index is 0.722. The quantitative estimate of drug-likeness (QED) is 0.857. The molecule has 0 saturated carbocycles. The van der Waals surface area contributed by atoms with Gasteiger partial charge in [-0.05, 0) is 60.8 Å². The standard InChI is InChI=1S/C22H24ClN3O/c1-26-13-17-12-25-8-5-18(17)20(14-26)16-10-21(23)19(22(11-16)27-2)9-15-3-6-24-7-4-15/h5,8-12,14,24H,3-4,6-7,13H2,1-2H3. The smallest absolute Gasteiger partial charge is 0.128 e. The van der Waals surface area contributed by atoms with Gasteiger partial charge in [-0.2, -0.15) is 0 Å². The lowest BCUT2D eigenvalue weighted by atomic mass is 9.92. The molecule has 2 aromatic rings. The van der Waals surface area contributed by atoms with Gasteiger partial charge >= 0.3 is 0 Å². The second kappa shape index (κ2) is 7.75. The maximum Gasteiger partial charge on any atom is 0.128 e. The second-order valence-corrected chi connectivity index (χ2v) is 7.52. The van der Waals surface area contributed by atoms with Crippen molar-refractivity contribution in [3.8, 4) is 5.75 Å². The molecule has 2 aliphatic rings. The minimum Gasteiger partial charge on any atom is -0.496 e. The molecule has 3 heterocycles. The highest BCUT2D eigenvalue weighted by Gasteiger charge is 2.19. The average Bonchev–Trinajstić information content (AvgIpc) is 2.69. The van der Waals surface area contributed by atoms with Crippen LogP contribution in [0.3, 0.4) is 0 Å². The van der Waals surface area contributed by atoms with Gasteiger partial charge in [0.25, 0.3) is 0 Å². The highest BCUT2D eigenvalue weighted by atomic mass is 35.5. The maximum atomic E-state index is 6.72.